The number of nitrogens with zero attached hydrogens (tertiary/aromatic N) is 2. The van der Waals surface area contributed by atoms with Gasteiger partial charge in [0.05, 0.1) is 10.6 Å². The van der Waals surface area contributed by atoms with Gasteiger partial charge < -0.3 is 10.0 Å². The zero-order chi connectivity index (χ0) is 13.8. The van der Waals surface area contributed by atoms with E-state index in [0.717, 1.165) is 31.8 Å². The van der Waals surface area contributed by atoms with Crippen molar-refractivity contribution in [1.29, 1.82) is 0 Å². The Kier molecular flexibility index (Phi) is 4.64. The van der Waals surface area contributed by atoms with Gasteiger partial charge in [-0.05, 0) is 31.2 Å². The van der Waals surface area contributed by atoms with E-state index in [1.54, 1.807) is 0 Å². The molecule has 1 aliphatic rings. The number of aromatic carboxylic acids is 1. The fraction of sp³-hybridized carbons (Fsp3) is 0.571. The molecule has 0 aromatic carbocycles. The number of pyridine rings is 1. The van der Waals surface area contributed by atoms with Crippen molar-refractivity contribution in [3.8, 4) is 0 Å². The summed E-state index contributed by atoms with van der Waals surface area (Å²) in [6.45, 7) is 4.01. The number of rotatable bonds is 3. The van der Waals surface area contributed by atoms with Crippen molar-refractivity contribution in [2.75, 3.05) is 18.0 Å². The molecule has 0 saturated carbocycles. The van der Waals surface area contributed by atoms with Crippen molar-refractivity contribution < 1.29 is 9.90 Å². The highest BCUT2D eigenvalue weighted by Crippen LogP contribution is 2.30. The summed E-state index contributed by atoms with van der Waals surface area (Å²) < 4.78 is 0. The topological polar surface area (TPSA) is 53.4 Å². The molecule has 1 fully saturated rings. The minimum atomic E-state index is -1.00. The van der Waals surface area contributed by atoms with E-state index in [1.807, 2.05) is 0 Å². The Bertz CT molecular complexity index is 465. The first kappa shape index (κ1) is 14.1. The van der Waals surface area contributed by atoms with Crippen LogP contribution in [-0.4, -0.2) is 29.1 Å². The molecule has 1 aromatic rings. The second-order valence-electron chi connectivity index (χ2n) is 4.99. The number of carbonyl (C=O) groups is 1. The summed E-state index contributed by atoms with van der Waals surface area (Å²) in [5, 5.41) is 9.35. The van der Waals surface area contributed by atoms with Crippen LogP contribution in [0.1, 0.15) is 43.0 Å². The Balaban J connectivity index is 2.22. The van der Waals surface area contributed by atoms with Crippen LogP contribution in [0.3, 0.4) is 0 Å². The van der Waals surface area contributed by atoms with E-state index >= 15 is 0 Å². The third kappa shape index (κ3) is 3.18. The van der Waals surface area contributed by atoms with Crippen molar-refractivity contribution >= 4 is 23.4 Å². The van der Waals surface area contributed by atoms with Gasteiger partial charge in [-0.25, -0.2) is 9.78 Å². The molecule has 0 amide bonds. The number of hydrogen-bond acceptors (Lipinski definition) is 3. The molecule has 1 unspecified atom stereocenters. The molecule has 1 atom stereocenters. The lowest BCUT2D eigenvalue weighted by Crippen LogP contribution is -2.26. The van der Waals surface area contributed by atoms with Gasteiger partial charge in [-0.1, -0.05) is 24.9 Å². The van der Waals surface area contributed by atoms with Gasteiger partial charge in [0.15, 0.2) is 0 Å². The van der Waals surface area contributed by atoms with Gasteiger partial charge in [-0.2, -0.15) is 0 Å². The van der Waals surface area contributed by atoms with Crippen molar-refractivity contribution in [3.05, 3.63) is 22.8 Å². The zero-order valence-electron chi connectivity index (χ0n) is 11.1. The van der Waals surface area contributed by atoms with E-state index < -0.39 is 5.97 Å². The van der Waals surface area contributed by atoms with Crippen LogP contribution in [0.4, 0.5) is 5.82 Å². The molecule has 2 rings (SSSR count). The van der Waals surface area contributed by atoms with Crippen LogP contribution < -0.4 is 4.90 Å². The second-order valence-corrected chi connectivity index (χ2v) is 5.37. The first-order valence-electron chi connectivity index (χ1n) is 6.76. The second kappa shape index (κ2) is 6.24. The molecule has 19 heavy (non-hydrogen) atoms. The maximum absolute atomic E-state index is 11.1. The average molecular weight is 283 g/mol. The number of anilines is 1. The summed E-state index contributed by atoms with van der Waals surface area (Å²) in [6, 6.07) is 1.45. The lowest BCUT2D eigenvalue weighted by molar-refractivity contribution is 0.0697. The van der Waals surface area contributed by atoms with Gasteiger partial charge in [0.1, 0.15) is 5.82 Å². The van der Waals surface area contributed by atoms with Crippen LogP contribution in [0.15, 0.2) is 12.3 Å². The van der Waals surface area contributed by atoms with Gasteiger partial charge in [0, 0.05) is 19.3 Å². The first-order valence-corrected chi connectivity index (χ1v) is 7.14. The van der Waals surface area contributed by atoms with Crippen LogP contribution in [0.5, 0.6) is 0 Å². The Morgan fingerprint density at radius 1 is 1.53 bits per heavy atom. The first-order chi connectivity index (χ1) is 9.13. The van der Waals surface area contributed by atoms with Crippen LogP contribution in [-0.2, 0) is 0 Å². The molecule has 0 spiro atoms. The number of carboxylic acids is 1. The van der Waals surface area contributed by atoms with Gasteiger partial charge in [-0.3, -0.25) is 0 Å². The highest BCUT2D eigenvalue weighted by atomic mass is 35.5. The maximum Gasteiger partial charge on any atom is 0.337 e. The lowest BCUT2D eigenvalue weighted by Gasteiger charge is -2.23. The number of aromatic nitrogens is 1. The Morgan fingerprint density at radius 3 is 3.00 bits per heavy atom. The van der Waals surface area contributed by atoms with Crippen molar-refractivity contribution in [1.82, 2.24) is 4.98 Å². The molecular formula is C14H19ClN2O2. The highest BCUT2D eigenvalue weighted by Gasteiger charge is 2.21. The van der Waals surface area contributed by atoms with Gasteiger partial charge in [-0.15, -0.1) is 0 Å². The van der Waals surface area contributed by atoms with E-state index in [-0.39, 0.29) is 10.6 Å². The quantitative estimate of drug-likeness (QED) is 0.922. The van der Waals surface area contributed by atoms with Gasteiger partial charge >= 0.3 is 5.97 Å². The Labute approximate surface area is 118 Å². The molecule has 2 heterocycles. The van der Waals surface area contributed by atoms with E-state index in [1.165, 1.54) is 25.1 Å². The van der Waals surface area contributed by atoms with E-state index in [2.05, 4.69) is 16.8 Å². The summed E-state index contributed by atoms with van der Waals surface area (Å²) >= 11 is 6.18. The largest absolute Gasteiger partial charge is 0.478 e. The molecule has 4 nitrogen and oxygen atoms in total. The van der Waals surface area contributed by atoms with E-state index in [9.17, 15) is 4.79 Å². The van der Waals surface area contributed by atoms with Crippen LogP contribution in [0.2, 0.25) is 5.02 Å². The summed E-state index contributed by atoms with van der Waals surface area (Å²) in [5.74, 6) is 0.361. The molecule has 104 valence electrons. The molecule has 1 aromatic heterocycles. The molecule has 5 heteroatoms. The summed E-state index contributed by atoms with van der Waals surface area (Å²) in [5.41, 5.74) is 0.128. The summed E-state index contributed by atoms with van der Waals surface area (Å²) in [4.78, 5) is 17.5. The van der Waals surface area contributed by atoms with Crippen molar-refractivity contribution in [2.24, 2.45) is 5.92 Å². The molecule has 0 radical (unpaired) electrons. The fourth-order valence-corrected chi connectivity index (χ4v) is 2.92. The van der Waals surface area contributed by atoms with E-state index in [0.29, 0.717) is 5.82 Å². The summed E-state index contributed by atoms with van der Waals surface area (Å²) in [7, 11) is 0. The van der Waals surface area contributed by atoms with Crippen LogP contribution >= 0.6 is 11.6 Å². The van der Waals surface area contributed by atoms with E-state index in [4.69, 9.17) is 16.7 Å². The van der Waals surface area contributed by atoms with Crippen LogP contribution in [0.25, 0.3) is 0 Å². The number of halogens is 1. The monoisotopic (exact) mass is 282 g/mol. The predicted octanol–water partition coefficient (Wildman–Crippen LogP) is 3.45. The lowest BCUT2D eigenvalue weighted by atomic mass is 9.98. The molecular weight excluding hydrogens is 264 g/mol. The zero-order valence-corrected chi connectivity index (χ0v) is 11.9. The highest BCUT2D eigenvalue weighted by molar-refractivity contribution is 6.35. The average Bonchev–Trinajstić information content (AvgIpc) is 2.64. The van der Waals surface area contributed by atoms with Gasteiger partial charge in [0.25, 0.3) is 0 Å². The molecule has 1 aliphatic heterocycles. The van der Waals surface area contributed by atoms with Crippen molar-refractivity contribution in [3.63, 3.8) is 0 Å². The molecule has 1 saturated heterocycles. The number of carboxylic acid groups (broad SMARTS) is 1. The molecule has 1 N–H and O–H groups in total. The van der Waals surface area contributed by atoms with Gasteiger partial charge in [0.2, 0.25) is 0 Å². The third-order valence-corrected chi connectivity index (χ3v) is 4.20. The number of hydrogen-bond donors (Lipinski definition) is 1. The summed E-state index contributed by atoms with van der Waals surface area (Å²) in [6.07, 6.45) is 6.17. The van der Waals surface area contributed by atoms with Crippen LogP contribution in [0, 0.1) is 5.92 Å². The third-order valence-electron chi connectivity index (χ3n) is 3.83. The standard InChI is InChI=1S/C14H19ClN2O2/c1-2-10-4-3-8-17(9-6-10)13-12(15)11(14(18)19)5-7-16-13/h5,7,10H,2-4,6,8-9H2,1H3,(H,18,19). The fourth-order valence-electron chi connectivity index (χ4n) is 2.60. The van der Waals surface area contributed by atoms with Crippen molar-refractivity contribution in [2.45, 2.75) is 32.6 Å². The normalized spacial score (nSPS) is 20.1. The Hall–Kier alpha value is -1.29. The minimum absolute atomic E-state index is 0.128. The Morgan fingerprint density at radius 2 is 2.32 bits per heavy atom. The maximum atomic E-state index is 11.1. The molecule has 0 bridgehead atoms. The SMILES string of the molecule is CCC1CCCN(c2nccc(C(=O)O)c2Cl)CC1. The minimum Gasteiger partial charge on any atom is -0.478 e. The molecule has 0 aliphatic carbocycles. The predicted molar refractivity (Wildman–Crippen MR) is 76.1 cm³/mol. The smallest absolute Gasteiger partial charge is 0.337 e.